The smallest absolute Gasteiger partial charge is 0.337 e. The van der Waals surface area contributed by atoms with Crippen molar-refractivity contribution in [2.45, 2.75) is 0 Å². The van der Waals surface area contributed by atoms with Crippen LogP contribution >= 0.6 is 28.1 Å². The third-order valence-corrected chi connectivity index (χ3v) is 3.47. The van der Waals surface area contributed by atoms with Gasteiger partial charge >= 0.3 is 5.97 Å². The van der Waals surface area contributed by atoms with Crippen molar-refractivity contribution in [2.75, 3.05) is 5.32 Å². The lowest BCUT2D eigenvalue weighted by Crippen LogP contribution is -2.34. The number of hydrogen-bond donors (Lipinski definition) is 3. The summed E-state index contributed by atoms with van der Waals surface area (Å²) in [6.07, 6.45) is 0. The molecule has 0 aliphatic carbocycles. The second-order valence-electron chi connectivity index (χ2n) is 4.27. The van der Waals surface area contributed by atoms with Gasteiger partial charge in [-0.3, -0.25) is 10.1 Å². The lowest BCUT2D eigenvalue weighted by molar-refractivity contribution is 0.0698. The van der Waals surface area contributed by atoms with E-state index in [1.807, 2.05) is 0 Å². The van der Waals surface area contributed by atoms with Gasteiger partial charge in [0.15, 0.2) is 5.11 Å². The summed E-state index contributed by atoms with van der Waals surface area (Å²) in [7, 11) is 0. The van der Waals surface area contributed by atoms with E-state index in [-0.39, 0.29) is 16.6 Å². The summed E-state index contributed by atoms with van der Waals surface area (Å²) in [5, 5.41) is 14.3. The number of rotatable bonds is 3. The van der Waals surface area contributed by atoms with Crippen LogP contribution in [0.15, 0.2) is 53.0 Å². The first-order chi connectivity index (χ1) is 10.5. The van der Waals surface area contributed by atoms with E-state index < -0.39 is 5.97 Å². The molecular weight excluding hydrogens is 368 g/mol. The van der Waals surface area contributed by atoms with Gasteiger partial charge in [-0.15, -0.1) is 0 Å². The zero-order chi connectivity index (χ0) is 16.1. The quantitative estimate of drug-likeness (QED) is 0.714. The first-order valence-corrected chi connectivity index (χ1v) is 7.37. The first-order valence-electron chi connectivity index (χ1n) is 6.17. The summed E-state index contributed by atoms with van der Waals surface area (Å²) >= 11 is 8.32. The second kappa shape index (κ2) is 7.15. The highest BCUT2D eigenvalue weighted by Crippen LogP contribution is 2.15. The van der Waals surface area contributed by atoms with Gasteiger partial charge in [-0.05, 0) is 48.6 Å². The molecule has 0 spiro atoms. The number of anilines is 1. The number of carboxylic acids is 1. The van der Waals surface area contributed by atoms with Crippen molar-refractivity contribution in [1.82, 2.24) is 5.32 Å². The highest BCUT2D eigenvalue weighted by Gasteiger charge is 2.12. The molecule has 0 unspecified atom stereocenters. The van der Waals surface area contributed by atoms with Crippen LogP contribution in [0.1, 0.15) is 20.7 Å². The molecular formula is C15H11BrN2O3S. The number of thiocarbonyl (C=S) groups is 1. The minimum Gasteiger partial charge on any atom is -0.478 e. The van der Waals surface area contributed by atoms with E-state index >= 15 is 0 Å². The van der Waals surface area contributed by atoms with E-state index in [1.54, 1.807) is 42.5 Å². The summed E-state index contributed by atoms with van der Waals surface area (Å²) in [5.41, 5.74) is 0.831. The lowest BCUT2D eigenvalue weighted by atomic mass is 10.2. The standard InChI is InChI=1S/C15H11BrN2O3S/c16-10-7-5-9(6-8-10)13(19)18-15(22)17-12-4-2-1-3-11(12)14(20)21/h1-8H,(H,20,21)(H2,17,18,19,22). The van der Waals surface area contributed by atoms with Crippen LogP contribution in [0.5, 0.6) is 0 Å². The van der Waals surface area contributed by atoms with Crippen LogP contribution in [-0.2, 0) is 0 Å². The number of hydrogen-bond acceptors (Lipinski definition) is 3. The Morgan fingerprint density at radius 1 is 1.05 bits per heavy atom. The number of carbonyl (C=O) groups excluding carboxylic acids is 1. The number of carboxylic acid groups (broad SMARTS) is 1. The molecule has 1 amide bonds. The van der Waals surface area contributed by atoms with Gasteiger partial charge in [-0.1, -0.05) is 28.1 Å². The van der Waals surface area contributed by atoms with Gasteiger partial charge in [0.05, 0.1) is 11.3 Å². The van der Waals surface area contributed by atoms with Crippen LogP contribution < -0.4 is 10.6 Å². The van der Waals surface area contributed by atoms with E-state index in [0.29, 0.717) is 11.3 Å². The summed E-state index contributed by atoms with van der Waals surface area (Å²) in [5.74, 6) is -1.46. The summed E-state index contributed by atoms with van der Waals surface area (Å²) in [6.45, 7) is 0. The fourth-order valence-electron chi connectivity index (χ4n) is 1.71. The number of aromatic carboxylic acids is 1. The number of para-hydroxylation sites is 1. The summed E-state index contributed by atoms with van der Waals surface area (Å²) < 4.78 is 0.861. The number of nitrogens with one attached hydrogen (secondary N) is 2. The molecule has 3 N–H and O–H groups in total. The van der Waals surface area contributed by atoms with Crippen LogP contribution in [0.25, 0.3) is 0 Å². The zero-order valence-electron chi connectivity index (χ0n) is 11.2. The monoisotopic (exact) mass is 378 g/mol. The average Bonchev–Trinajstić information content (AvgIpc) is 2.48. The van der Waals surface area contributed by atoms with Gasteiger partial charge in [0.25, 0.3) is 5.91 Å². The lowest BCUT2D eigenvalue weighted by Gasteiger charge is -2.11. The van der Waals surface area contributed by atoms with E-state index in [0.717, 1.165) is 4.47 Å². The van der Waals surface area contributed by atoms with Gasteiger partial charge in [-0.25, -0.2) is 4.79 Å². The predicted octanol–water partition coefficient (Wildman–Crippen LogP) is 3.27. The molecule has 0 aliphatic heterocycles. The molecule has 5 nitrogen and oxygen atoms in total. The molecule has 22 heavy (non-hydrogen) atoms. The maximum absolute atomic E-state index is 12.0. The Hall–Kier alpha value is -2.25. The van der Waals surface area contributed by atoms with Crippen molar-refractivity contribution >= 4 is 50.8 Å². The molecule has 112 valence electrons. The first kappa shape index (κ1) is 16.1. The number of amides is 1. The average molecular weight is 379 g/mol. The third kappa shape index (κ3) is 4.12. The molecule has 7 heteroatoms. The summed E-state index contributed by atoms with van der Waals surface area (Å²) in [4.78, 5) is 23.1. The predicted molar refractivity (Wildman–Crippen MR) is 91.2 cm³/mol. The molecule has 2 aromatic carbocycles. The van der Waals surface area contributed by atoms with E-state index in [4.69, 9.17) is 17.3 Å². The van der Waals surface area contributed by atoms with Crippen molar-refractivity contribution in [2.24, 2.45) is 0 Å². The van der Waals surface area contributed by atoms with Gasteiger partial charge in [0.2, 0.25) is 0 Å². The molecule has 0 atom stereocenters. The minimum atomic E-state index is -1.08. The molecule has 0 fully saturated rings. The molecule has 0 aliphatic rings. The van der Waals surface area contributed by atoms with E-state index in [9.17, 15) is 9.59 Å². The van der Waals surface area contributed by atoms with Crippen molar-refractivity contribution < 1.29 is 14.7 Å². The van der Waals surface area contributed by atoms with E-state index in [2.05, 4.69) is 26.6 Å². The molecule has 0 bridgehead atoms. The molecule has 2 aromatic rings. The number of carbonyl (C=O) groups is 2. The van der Waals surface area contributed by atoms with Gasteiger partial charge < -0.3 is 10.4 Å². The van der Waals surface area contributed by atoms with Gasteiger partial charge in [-0.2, -0.15) is 0 Å². The Kier molecular flexibility index (Phi) is 5.24. The normalized spacial score (nSPS) is 9.86. The highest BCUT2D eigenvalue weighted by atomic mass is 79.9. The van der Waals surface area contributed by atoms with Crippen LogP contribution in [0.4, 0.5) is 5.69 Å². The van der Waals surface area contributed by atoms with Crippen molar-refractivity contribution in [1.29, 1.82) is 0 Å². The maximum Gasteiger partial charge on any atom is 0.337 e. The fourth-order valence-corrected chi connectivity index (χ4v) is 2.18. The summed E-state index contributed by atoms with van der Waals surface area (Å²) in [6, 6.07) is 13.1. The topological polar surface area (TPSA) is 78.4 Å². The van der Waals surface area contributed by atoms with Crippen LogP contribution in [0.2, 0.25) is 0 Å². The molecule has 0 saturated carbocycles. The molecule has 0 radical (unpaired) electrons. The minimum absolute atomic E-state index is 0.0293. The highest BCUT2D eigenvalue weighted by molar-refractivity contribution is 9.10. The maximum atomic E-state index is 12.0. The molecule has 0 saturated heterocycles. The Balaban J connectivity index is 2.06. The Morgan fingerprint density at radius 2 is 1.68 bits per heavy atom. The van der Waals surface area contributed by atoms with Crippen molar-refractivity contribution in [3.63, 3.8) is 0 Å². The third-order valence-electron chi connectivity index (χ3n) is 2.74. The second-order valence-corrected chi connectivity index (χ2v) is 5.59. The Morgan fingerprint density at radius 3 is 2.32 bits per heavy atom. The van der Waals surface area contributed by atoms with Gasteiger partial charge in [0, 0.05) is 10.0 Å². The number of benzene rings is 2. The SMILES string of the molecule is O=C(NC(=S)Nc1ccccc1C(=O)O)c1ccc(Br)cc1. The van der Waals surface area contributed by atoms with Crippen molar-refractivity contribution in [3.8, 4) is 0 Å². The largest absolute Gasteiger partial charge is 0.478 e. The van der Waals surface area contributed by atoms with Gasteiger partial charge in [0.1, 0.15) is 0 Å². The number of halogens is 1. The molecule has 0 heterocycles. The van der Waals surface area contributed by atoms with Crippen LogP contribution in [0.3, 0.4) is 0 Å². The Labute approximate surface area is 140 Å². The van der Waals surface area contributed by atoms with Crippen LogP contribution in [0, 0.1) is 0 Å². The van der Waals surface area contributed by atoms with Crippen molar-refractivity contribution in [3.05, 3.63) is 64.1 Å². The zero-order valence-corrected chi connectivity index (χ0v) is 13.6. The Bertz CT molecular complexity index is 732. The van der Waals surface area contributed by atoms with Crippen LogP contribution in [-0.4, -0.2) is 22.1 Å². The molecule has 0 aromatic heterocycles. The van der Waals surface area contributed by atoms with E-state index in [1.165, 1.54) is 6.07 Å². The fraction of sp³-hybridized carbons (Fsp3) is 0. The molecule has 2 rings (SSSR count).